The molecule has 76 valence electrons. The maximum absolute atomic E-state index is 11.5. The van der Waals surface area contributed by atoms with Gasteiger partial charge in [-0.1, -0.05) is 6.07 Å². The Kier molecular flexibility index (Phi) is 2.35. The zero-order valence-electron chi connectivity index (χ0n) is 8.05. The van der Waals surface area contributed by atoms with Crippen molar-refractivity contribution < 1.29 is 4.79 Å². The highest BCUT2D eigenvalue weighted by molar-refractivity contribution is 5.95. The number of rotatable bonds is 1. The van der Waals surface area contributed by atoms with E-state index in [-0.39, 0.29) is 11.9 Å². The molecule has 1 aliphatic heterocycles. The summed E-state index contributed by atoms with van der Waals surface area (Å²) in [5.74, 6) is 0.470. The van der Waals surface area contributed by atoms with Gasteiger partial charge < -0.3 is 5.73 Å². The summed E-state index contributed by atoms with van der Waals surface area (Å²) >= 11 is 0. The molecule has 0 saturated carbocycles. The monoisotopic (exact) mass is 202 g/mol. The lowest BCUT2D eigenvalue weighted by Crippen LogP contribution is -2.28. The van der Waals surface area contributed by atoms with Crippen LogP contribution in [0.25, 0.3) is 0 Å². The summed E-state index contributed by atoms with van der Waals surface area (Å²) in [5, 5.41) is 8.68. The molecule has 0 bridgehead atoms. The van der Waals surface area contributed by atoms with Gasteiger partial charge in [-0.25, -0.2) is 4.98 Å². The van der Waals surface area contributed by atoms with Crippen LogP contribution in [-0.2, 0) is 4.79 Å². The van der Waals surface area contributed by atoms with Crippen molar-refractivity contribution in [2.75, 3.05) is 11.4 Å². The van der Waals surface area contributed by atoms with Gasteiger partial charge in [0.15, 0.2) is 0 Å². The van der Waals surface area contributed by atoms with Crippen LogP contribution >= 0.6 is 0 Å². The SMILES string of the molecule is N#Cc1cccc(N2CC(N)CC2=O)n1. The Hall–Kier alpha value is -1.93. The fourth-order valence-electron chi connectivity index (χ4n) is 1.59. The molecular formula is C10H10N4O. The quantitative estimate of drug-likeness (QED) is 0.695. The van der Waals surface area contributed by atoms with Crippen molar-refractivity contribution in [3.8, 4) is 6.07 Å². The lowest BCUT2D eigenvalue weighted by atomic mass is 10.3. The Morgan fingerprint density at radius 3 is 3.00 bits per heavy atom. The molecule has 5 nitrogen and oxygen atoms in total. The number of pyridine rings is 1. The van der Waals surface area contributed by atoms with Crippen LogP contribution in [0.15, 0.2) is 18.2 Å². The van der Waals surface area contributed by atoms with E-state index < -0.39 is 0 Å². The summed E-state index contributed by atoms with van der Waals surface area (Å²) in [6, 6.07) is 6.81. The number of carbonyl (C=O) groups is 1. The van der Waals surface area contributed by atoms with Gasteiger partial charge >= 0.3 is 0 Å². The van der Waals surface area contributed by atoms with Gasteiger partial charge in [0.25, 0.3) is 0 Å². The van der Waals surface area contributed by atoms with Crippen LogP contribution in [-0.4, -0.2) is 23.5 Å². The molecule has 15 heavy (non-hydrogen) atoms. The first-order chi connectivity index (χ1) is 7.20. The molecule has 1 unspecified atom stereocenters. The van der Waals surface area contributed by atoms with E-state index in [1.54, 1.807) is 18.2 Å². The van der Waals surface area contributed by atoms with Gasteiger partial charge in [-0.3, -0.25) is 9.69 Å². The van der Waals surface area contributed by atoms with Crippen molar-refractivity contribution in [3.63, 3.8) is 0 Å². The van der Waals surface area contributed by atoms with Gasteiger partial charge in [0.2, 0.25) is 5.91 Å². The van der Waals surface area contributed by atoms with Crippen LogP contribution < -0.4 is 10.6 Å². The molecule has 0 spiro atoms. The summed E-state index contributed by atoms with van der Waals surface area (Å²) in [6.45, 7) is 0.473. The molecule has 1 amide bonds. The Morgan fingerprint density at radius 2 is 2.40 bits per heavy atom. The maximum Gasteiger partial charge on any atom is 0.229 e. The summed E-state index contributed by atoms with van der Waals surface area (Å²) in [5.41, 5.74) is 5.97. The number of hydrogen-bond donors (Lipinski definition) is 1. The Morgan fingerprint density at radius 1 is 1.60 bits per heavy atom. The minimum Gasteiger partial charge on any atom is -0.326 e. The molecule has 1 atom stereocenters. The lowest BCUT2D eigenvalue weighted by molar-refractivity contribution is -0.117. The van der Waals surface area contributed by atoms with Crippen LogP contribution in [0.5, 0.6) is 0 Å². The number of anilines is 1. The van der Waals surface area contributed by atoms with Crippen molar-refractivity contribution in [3.05, 3.63) is 23.9 Å². The molecule has 2 heterocycles. The average Bonchev–Trinajstić information content (AvgIpc) is 2.58. The maximum atomic E-state index is 11.5. The van der Waals surface area contributed by atoms with E-state index in [0.717, 1.165) is 0 Å². The summed E-state index contributed by atoms with van der Waals surface area (Å²) in [6.07, 6.45) is 0.346. The predicted octanol–water partition coefficient (Wildman–Crippen LogP) is 0.0173. The molecule has 1 aromatic rings. The first kappa shape index (κ1) is 9.62. The molecule has 5 heteroatoms. The third-order valence-electron chi connectivity index (χ3n) is 2.28. The van der Waals surface area contributed by atoms with Gasteiger partial charge in [0.1, 0.15) is 17.6 Å². The number of hydrogen-bond acceptors (Lipinski definition) is 4. The van der Waals surface area contributed by atoms with E-state index in [9.17, 15) is 4.79 Å². The van der Waals surface area contributed by atoms with Crippen molar-refractivity contribution in [2.24, 2.45) is 5.73 Å². The first-order valence-corrected chi connectivity index (χ1v) is 4.64. The van der Waals surface area contributed by atoms with E-state index in [1.807, 2.05) is 6.07 Å². The average molecular weight is 202 g/mol. The van der Waals surface area contributed by atoms with Gasteiger partial charge in [0.05, 0.1) is 0 Å². The van der Waals surface area contributed by atoms with Gasteiger partial charge in [-0.2, -0.15) is 5.26 Å². The predicted molar refractivity (Wildman–Crippen MR) is 53.9 cm³/mol. The Balaban J connectivity index is 2.30. The molecule has 1 aromatic heterocycles. The normalized spacial score (nSPS) is 20.4. The van der Waals surface area contributed by atoms with Gasteiger partial charge in [0, 0.05) is 19.0 Å². The second-order valence-corrected chi connectivity index (χ2v) is 3.46. The van der Waals surface area contributed by atoms with Crippen LogP contribution in [0, 0.1) is 11.3 Å². The molecule has 2 rings (SSSR count). The smallest absolute Gasteiger partial charge is 0.229 e. The van der Waals surface area contributed by atoms with E-state index in [4.69, 9.17) is 11.0 Å². The van der Waals surface area contributed by atoms with Crippen LogP contribution in [0.3, 0.4) is 0 Å². The van der Waals surface area contributed by atoms with Gasteiger partial charge in [-0.15, -0.1) is 0 Å². The topological polar surface area (TPSA) is 83.0 Å². The summed E-state index contributed by atoms with van der Waals surface area (Å²) in [4.78, 5) is 17.1. The molecule has 1 fully saturated rings. The zero-order valence-corrected chi connectivity index (χ0v) is 8.05. The molecule has 0 aliphatic carbocycles. The summed E-state index contributed by atoms with van der Waals surface area (Å²) < 4.78 is 0. The number of nitriles is 1. The lowest BCUT2D eigenvalue weighted by Gasteiger charge is -2.14. The second kappa shape index (κ2) is 3.67. The number of nitrogens with two attached hydrogens (primary N) is 1. The van der Waals surface area contributed by atoms with Crippen molar-refractivity contribution in [1.82, 2.24) is 4.98 Å². The molecule has 2 N–H and O–H groups in total. The summed E-state index contributed by atoms with van der Waals surface area (Å²) in [7, 11) is 0. The van der Waals surface area contributed by atoms with E-state index in [1.165, 1.54) is 4.90 Å². The number of amides is 1. The van der Waals surface area contributed by atoms with Gasteiger partial charge in [-0.05, 0) is 12.1 Å². The molecular weight excluding hydrogens is 192 g/mol. The standard InChI is InChI=1S/C10H10N4O/c11-5-8-2-1-3-9(13-8)14-6-7(12)4-10(14)15/h1-3,7H,4,6,12H2. The van der Waals surface area contributed by atoms with Crippen molar-refractivity contribution in [1.29, 1.82) is 5.26 Å². The molecule has 0 radical (unpaired) electrons. The third kappa shape index (κ3) is 1.80. The number of aromatic nitrogens is 1. The molecule has 1 aliphatic rings. The fraction of sp³-hybridized carbons (Fsp3) is 0.300. The molecule has 0 aromatic carbocycles. The van der Waals surface area contributed by atoms with Crippen LogP contribution in [0.1, 0.15) is 12.1 Å². The number of nitrogens with zero attached hydrogens (tertiary/aromatic N) is 3. The van der Waals surface area contributed by atoms with E-state index in [2.05, 4.69) is 4.98 Å². The fourth-order valence-corrected chi connectivity index (χ4v) is 1.59. The largest absolute Gasteiger partial charge is 0.326 e. The van der Waals surface area contributed by atoms with Crippen molar-refractivity contribution in [2.45, 2.75) is 12.5 Å². The minimum atomic E-state index is -0.134. The van der Waals surface area contributed by atoms with E-state index >= 15 is 0 Å². The van der Waals surface area contributed by atoms with Crippen LogP contribution in [0.2, 0.25) is 0 Å². The minimum absolute atomic E-state index is 0.0370. The number of carbonyl (C=O) groups excluding carboxylic acids is 1. The van der Waals surface area contributed by atoms with E-state index in [0.29, 0.717) is 24.5 Å². The Bertz CT molecular complexity index is 437. The van der Waals surface area contributed by atoms with Crippen molar-refractivity contribution >= 4 is 11.7 Å². The second-order valence-electron chi connectivity index (χ2n) is 3.46. The first-order valence-electron chi connectivity index (χ1n) is 4.64. The van der Waals surface area contributed by atoms with Crippen LogP contribution in [0.4, 0.5) is 5.82 Å². The highest BCUT2D eigenvalue weighted by Crippen LogP contribution is 2.18. The highest BCUT2D eigenvalue weighted by Gasteiger charge is 2.28. The Labute approximate surface area is 87.1 Å². The third-order valence-corrected chi connectivity index (χ3v) is 2.28. The highest BCUT2D eigenvalue weighted by atomic mass is 16.2. The molecule has 1 saturated heterocycles. The zero-order chi connectivity index (χ0) is 10.8.